The Balaban J connectivity index is 2.47. The Morgan fingerprint density at radius 2 is 1.68 bits per heavy atom. The Morgan fingerprint density at radius 3 is 2.26 bits per heavy atom. The number of methoxy groups -OCH3 is 1. The summed E-state index contributed by atoms with van der Waals surface area (Å²) in [5, 5.41) is 0. The number of aryl methyl sites for hydroxylation is 2. The fourth-order valence-electron chi connectivity index (χ4n) is 2.26. The molecule has 0 spiro atoms. The zero-order valence-corrected chi connectivity index (χ0v) is 11.4. The second kappa shape index (κ2) is 5.41. The van der Waals surface area contributed by atoms with Crippen molar-refractivity contribution >= 4 is 0 Å². The van der Waals surface area contributed by atoms with Crippen LogP contribution in [0.25, 0.3) is 0 Å². The van der Waals surface area contributed by atoms with Crippen molar-refractivity contribution in [2.75, 3.05) is 7.11 Å². The molecule has 2 aromatic rings. The SMILES string of the molecule is COc1ccccc1C(N)c1cc(C)c(F)c(C)c1. The summed E-state index contributed by atoms with van der Waals surface area (Å²) < 4.78 is 19.0. The van der Waals surface area contributed by atoms with Crippen LogP contribution in [-0.4, -0.2) is 7.11 Å². The van der Waals surface area contributed by atoms with E-state index in [1.807, 2.05) is 24.3 Å². The number of rotatable bonds is 3. The van der Waals surface area contributed by atoms with Gasteiger partial charge in [-0.1, -0.05) is 30.3 Å². The highest BCUT2D eigenvalue weighted by atomic mass is 19.1. The lowest BCUT2D eigenvalue weighted by Gasteiger charge is -2.17. The number of benzene rings is 2. The molecule has 0 bridgehead atoms. The molecule has 0 fully saturated rings. The van der Waals surface area contributed by atoms with E-state index in [9.17, 15) is 4.39 Å². The van der Waals surface area contributed by atoms with Gasteiger partial charge in [0.25, 0.3) is 0 Å². The van der Waals surface area contributed by atoms with Gasteiger partial charge in [0.15, 0.2) is 0 Å². The monoisotopic (exact) mass is 259 g/mol. The molecule has 2 N–H and O–H groups in total. The molecule has 0 saturated carbocycles. The third-order valence-corrected chi connectivity index (χ3v) is 3.29. The van der Waals surface area contributed by atoms with Gasteiger partial charge in [0.05, 0.1) is 13.2 Å². The smallest absolute Gasteiger partial charge is 0.129 e. The van der Waals surface area contributed by atoms with Crippen LogP contribution < -0.4 is 10.5 Å². The molecule has 0 saturated heterocycles. The van der Waals surface area contributed by atoms with Gasteiger partial charge < -0.3 is 10.5 Å². The quantitative estimate of drug-likeness (QED) is 0.915. The van der Waals surface area contributed by atoms with E-state index < -0.39 is 0 Å². The highest BCUT2D eigenvalue weighted by Crippen LogP contribution is 2.29. The van der Waals surface area contributed by atoms with Crippen LogP contribution in [0, 0.1) is 19.7 Å². The number of para-hydroxylation sites is 1. The average Bonchev–Trinajstić information content (AvgIpc) is 2.43. The van der Waals surface area contributed by atoms with E-state index in [-0.39, 0.29) is 11.9 Å². The molecule has 2 nitrogen and oxygen atoms in total. The first-order chi connectivity index (χ1) is 9.04. The van der Waals surface area contributed by atoms with Crippen LogP contribution in [0.1, 0.15) is 28.3 Å². The van der Waals surface area contributed by atoms with Crippen LogP contribution >= 0.6 is 0 Å². The van der Waals surface area contributed by atoms with Crippen LogP contribution in [0.15, 0.2) is 36.4 Å². The standard InChI is InChI=1S/C16H18FNO/c1-10-8-12(9-11(2)15(10)17)16(18)13-6-4-5-7-14(13)19-3/h4-9,16H,18H2,1-3H3. The largest absolute Gasteiger partial charge is 0.496 e. The first-order valence-corrected chi connectivity index (χ1v) is 6.19. The van der Waals surface area contributed by atoms with E-state index in [2.05, 4.69) is 0 Å². The Morgan fingerprint density at radius 1 is 1.11 bits per heavy atom. The molecule has 100 valence electrons. The van der Waals surface area contributed by atoms with Crippen molar-refractivity contribution in [1.82, 2.24) is 0 Å². The molecular weight excluding hydrogens is 241 g/mol. The van der Waals surface area contributed by atoms with E-state index >= 15 is 0 Å². The molecule has 3 heteroatoms. The maximum atomic E-state index is 13.7. The third kappa shape index (κ3) is 2.61. The van der Waals surface area contributed by atoms with E-state index in [4.69, 9.17) is 10.5 Å². The zero-order chi connectivity index (χ0) is 14.0. The molecule has 19 heavy (non-hydrogen) atoms. The van der Waals surface area contributed by atoms with Crippen LogP contribution in [-0.2, 0) is 0 Å². The van der Waals surface area contributed by atoms with Gasteiger partial charge in [0, 0.05) is 5.56 Å². The molecule has 0 amide bonds. The second-order valence-electron chi connectivity index (χ2n) is 4.69. The summed E-state index contributed by atoms with van der Waals surface area (Å²) in [4.78, 5) is 0. The molecule has 0 radical (unpaired) electrons. The minimum Gasteiger partial charge on any atom is -0.496 e. The van der Waals surface area contributed by atoms with E-state index in [0.717, 1.165) is 16.9 Å². The van der Waals surface area contributed by atoms with Gasteiger partial charge in [-0.25, -0.2) is 4.39 Å². The lowest BCUT2D eigenvalue weighted by molar-refractivity contribution is 0.408. The highest BCUT2D eigenvalue weighted by molar-refractivity contribution is 5.43. The molecule has 1 unspecified atom stereocenters. The predicted octanol–water partition coefficient (Wildman–Crippen LogP) is 3.50. The lowest BCUT2D eigenvalue weighted by atomic mass is 9.95. The van der Waals surface area contributed by atoms with Crippen molar-refractivity contribution in [2.45, 2.75) is 19.9 Å². The molecule has 2 rings (SSSR count). The normalized spacial score (nSPS) is 12.3. The minimum absolute atomic E-state index is 0.170. The van der Waals surface area contributed by atoms with Crippen molar-refractivity contribution < 1.29 is 9.13 Å². The van der Waals surface area contributed by atoms with Gasteiger partial charge in [0.2, 0.25) is 0 Å². The van der Waals surface area contributed by atoms with Crippen molar-refractivity contribution in [1.29, 1.82) is 0 Å². The van der Waals surface area contributed by atoms with Crippen molar-refractivity contribution in [3.05, 3.63) is 64.5 Å². The number of ether oxygens (including phenoxy) is 1. The van der Waals surface area contributed by atoms with Crippen LogP contribution in [0.3, 0.4) is 0 Å². The topological polar surface area (TPSA) is 35.2 Å². The van der Waals surface area contributed by atoms with Gasteiger partial charge in [-0.3, -0.25) is 0 Å². The summed E-state index contributed by atoms with van der Waals surface area (Å²) in [5.74, 6) is 0.575. The maximum absolute atomic E-state index is 13.7. The number of hydrogen-bond donors (Lipinski definition) is 1. The van der Waals surface area contributed by atoms with Crippen molar-refractivity contribution in [3.8, 4) is 5.75 Å². The highest BCUT2D eigenvalue weighted by Gasteiger charge is 2.15. The van der Waals surface area contributed by atoms with Gasteiger partial charge in [-0.15, -0.1) is 0 Å². The Hall–Kier alpha value is -1.87. The van der Waals surface area contributed by atoms with Gasteiger partial charge in [-0.05, 0) is 36.6 Å². The summed E-state index contributed by atoms with van der Waals surface area (Å²) in [6, 6.07) is 10.9. The van der Waals surface area contributed by atoms with Gasteiger partial charge in [0.1, 0.15) is 11.6 Å². The maximum Gasteiger partial charge on any atom is 0.129 e. The Labute approximate surface area is 113 Å². The molecule has 0 aliphatic carbocycles. The van der Waals surface area contributed by atoms with Crippen molar-refractivity contribution in [3.63, 3.8) is 0 Å². The third-order valence-electron chi connectivity index (χ3n) is 3.29. The molecule has 2 aromatic carbocycles. The number of halogens is 1. The number of nitrogens with two attached hydrogens (primary N) is 1. The summed E-state index contributed by atoms with van der Waals surface area (Å²) in [7, 11) is 1.62. The number of hydrogen-bond acceptors (Lipinski definition) is 2. The van der Waals surface area contributed by atoms with E-state index in [1.165, 1.54) is 0 Å². The fraction of sp³-hybridized carbons (Fsp3) is 0.250. The Bertz CT molecular complexity index is 572. The summed E-state index contributed by atoms with van der Waals surface area (Å²) in [5.41, 5.74) is 9.29. The lowest BCUT2D eigenvalue weighted by Crippen LogP contribution is -2.14. The summed E-state index contributed by atoms with van der Waals surface area (Å²) in [6.07, 6.45) is 0. The minimum atomic E-state index is -0.325. The molecule has 0 aliphatic rings. The van der Waals surface area contributed by atoms with E-state index in [1.54, 1.807) is 33.1 Å². The first kappa shape index (κ1) is 13.6. The molecule has 0 heterocycles. The molecule has 0 aliphatic heterocycles. The van der Waals surface area contributed by atoms with Crippen molar-refractivity contribution in [2.24, 2.45) is 5.73 Å². The second-order valence-corrected chi connectivity index (χ2v) is 4.69. The zero-order valence-electron chi connectivity index (χ0n) is 11.4. The van der Waals surface area contributed by atoms with Gasteiger partial charge in [-0.2, -0.15) is 0 Å². The average molecular weight is 259 g/mol. The Kier molecular flexibility index (Phi) is 3.86. The molecule has 1 atom stereocenters. The summed E-state index contributed by atoms with van der Waals surface area (Å²) >= 11 is 0. The molecular formula is C16H18FNO. The fourth-order valence-corrected chi connectivity index (χ4v) is 2.26. The first-order valence-electron chi connectivity index (χ1n) is 6.19. The van der Waals surface area contributed by atoms with Gasteiger partial charge >= 0.3 is 0 Å². The molecule has 0 aromatic heterocycles. The van der Waals surface area contributed by atoms with Crippen LogP contribution in [0.2, 0.25) is 0 Å². The summed E-state index contributed by atoms with van der Waals surface area (Å²) in [6.45, 7) is 3.50. The van der Waals surface area contributed by atoms with E-state index in [0.29, 0.717) is 11.1 Å². The predicted molar refractivity (Wildman–Crippen MR) is 74.9 cm³/mol. The van der Waals surface area contributed by atoms with Crippen LogP contribution in [0.5, 0.6) is 5.75 Å². The van der Waals surface area contributed by atoms with Crippen LogP contribution in [0.4, 0.5) is 4.39 Å².